The van der Waals surface area contributed by atoms with Crippen LogP contribution in [0.15, 0.2) is 42.7 Å². The standard InChI is InChI=1S/C19H28N6/c1-23-10-12-25(13-11-23)19-21-15-17(16-22-19)14-20-8-9-24(2)18-6-4-3-5-7-18/h3-7,15-16,20H,8-14H2,1-2H3. The smallest absolute Gasteiger partial charge is 0.225 e. The Labute approximate surface area is 150 Å². The average molecular weight is 340 g/mol. The summed E-state index contributed by atoms with van der Waals surface area (Å²) in [6.07, 6.45) is 3.88. The summed E-state index contributed by atoms with van der Waals surface area (Å²) in [5.41, 5.74) is 2.37. The zero-order chi connectivity index (χ0) is 17.5. The summed E-state index contributed by atoms with van der Waals surface area (Å²) >= 11 is 0. The number of hydrogen-bond donors (Lipinski definition) is 1. The number of likely N-dealkylation sites (N-methyl/N-ethyl adjacent to an activating group) is 2. The number of rotatable bonds is 7. The van der Waals surface area contributed by atoms with E-state index in [9.17, 15) is 0 Å². The Balaban J connectivity index is 1.40. The SMILES string of the molecule is CN1CCN(c2ncc(CNCCN(C)c3ccccc3)cn2)CC1. The number of benzene rings is 1. The first kappa shape index (κ1) is 17.6. The summed E-state index contributed by atoms with van der Waals surface area (Å²) in [5.74, 6) is 0.848. The van der Waals surface area contributed by atoms with Gasteiger partial charge in [-0.1, -0.05) is 18.2 Å². The molecule has 6 nitrogen and oxygen atoms in total. The van der Waals surface area contributed by atoms with Crippen LogP contribution in [-0.4, -0.2) is 68.2 Å². The van der Waals surface area contributed by atoms with Gasteiger partial charge in [0.05, 0.1) is 0 Å². The van der Waals surface area contributed by atoms with Crippen molar-refractivity contribution in [1.29, 1.82) is 0 Å². The van der Waals surface area contributed by atoms with E-state index in [1.165, 1.54) is 5.69 Å². The van der Waals surface area contributed by atoms with Crippen LogP contribution in [0.4, 0.5) is 11.6 Å². The molecule has 0 radical (unpaired) electrons. The maximum Gasteiger partial charge on any atom is 0.225 e. The second-order valence-corrected chi connectivity index (χ2v) is 6.62. The van der Waals surface area contributed by atoms with Crippen molar-refractivity contribution in [3.8, 4) is 0 Å². The van der Waals surface area contributed by atoms with Crippen LogP contribution in [0.25, 0.3) is 0 Å². The van der Waals surface area contributed by atoms with Crippen molar-refractivity contribution >= 4 is 11.6 Å². The molecule has 0 saturated carbocycles. The predicted octanol–water partition coefficient (Wildman–Crippen LogP) is 1.45. The molecule has 3 rings (SSSR count). The van der Waals surface area contributed by atoms with Crippen LogP contribution in [-0.2, 0) is 6.54 Å². The summed E-state index contributed by atoms with van der Waals surface area (Å²) in [7, 11) is 4.27. The number of piperazine rings is 1. The highest BCUT2D eigenvalue weighted by Crippen LogP contribution is 2.11. The lowest BCUT2D eigenvalue weighted by Crippen LogP contribution is -2.45. The second kappa shape index (κ2) is 8.78. The lowest BCUT2D eigenvalue weighted by molar-refractivity contribution is 0.311. The molecule has 0 aliphatic carbocycles. The van der Waals surface area contributed by atoms with E-state index < -0.39 is 0 Å². The van der Waals surface area contributed by atoms with Crippen LogP contribution in [0.3, 0.4) is 0 Å². The zero-order valence-electron chi connectivity index (χ0n) is 15.2. The highest BCUT2D eigenvalue weighted by Gasteiger charge is 2.15. The van der Waals surface area contributed by atoms with Gasteiger partial charge in [-0.05, 0) is 19.2 Å². The van der Waals surface area contributed by atoms with Crippen LogP contribution in [0.1, 0.15) is 5.56 Å². The largest absolute Gasteiger partial charge is 0.373 e. The zero-order valence-corrected chi connectivity index (χ0v) is 15.2. The van der Waals surface area contributed by atoms with Gasteiger partial charge in [0, 0.05) is 76.5 Å². The van der Waals surface area contributed by atoms with Gasteiger partial charge >= 0.3 is 0 Å². The Hall–Kier alpha value is -2.18. The second-order valence-electron chi connectivity index (χ2n) is 6.62. The van der Waals surface area contributed by atoms with Gasteiger partial charge in [-0.25, -0.2) is 9.97 Å². The van der Waals surface area contributed by atoms with Gasteiger partial charge in [0.2, 0.25) is 5.95 Å². The fraction of sp³-hybridized carbons (Fsp3) is 0.474. The maximum absolute atomic E-state index is 4.53. The van der Waals surface area contributed by atoms with Crippen LogP contribution in [0.2, 0.25) is 0 Å². The molecule has 0 bridgehead atoms. The maximum atomic E-state index is 4.53. The van der Waals surface area contributed by atoms with E-state index in [0.29, 0.717) is 0 Å². The predicted molar refractivity (Wildman–Crippen MR) is 103 cm³/mol. The fourth-order valence-corrected chi connectivity index (χ4v) is 2.90. The minimum Gasteiger partial charge on any atom is -0.373 e. The molecule has 1 aromatic heterocycles. The molecule has 134 valence electrons. The van der Waals surface area contributed by atoms with Crippen molar-refractivity contribution < 1.29 is 0 Å². The molecule has 0 spiro atoms. The molecule has 1 aliphatic heterocycles. The first-order valence-corrected chi connectivity index (χ1v) is 8.94. The molecule has 1 aliphatic rings. The van der Waals surface area contributed by atoms with Crippen LogP contribution >= 0.6 is 0 Å². The van der Waals surface area contributed by atoms with Gasteiger partial charge < -0.3 is 20.0 Å². The van der Waals surface area contributed by atoms with Crippen LogP contribution in [0.5, 0.6) is 0 Å². The lowest BCUT2D eigenvalue weighted by Gasteiger charge is -2.32. The first-order valence-electron chi connectivity index (χ1n) is 8.94. The normalized spacial score (nSPS) is 15.4. The minimum absolute atomic E-state index is 0.797. The Bertz CT molecular complexity index is 622. The molecule has 1 fully saturated rings. The number of para-hydroxylation sites is 1. The first-order chi connectivity index (χ1) is 12.2. The van der Waals surface area contributed by atoms with Crippen molar-refractivity contribution in [1.82, 2.24) is 20.2 Å². The molecule has 1 saturated heterocycles. The van der Waals surface area contributed by atoms with Gasteiger partial charge in [0.25, 0.3) is 0 Å². The summed E-state index contributed by atoms with van der Waals surface area (Å²) in [4.78, 5) is 15.9. The molecule has 1 N–H and O–H groups in total. The Morgan fingerprint density at radius 3 is 2.40 bits per heavy atom. The van der Waals surface area contributed by atoms with E-state index in [2.05, 4.69) is 68.3 Å². The van der Waals surface area contributed by atoms with Crippen LogP contribution < -0.4 is 15.1 Å². The Morgan fingerprint density at radius 2 is 1.72 bits per heavy atom. The van der Waals surface area contributed by atoms with Crippen molar-refractivity contribution in [2.75, 3.05) is 63.2 Å². The van der Waals surface area contributed by atoms with Crippen molar-refractivity contribution in [3.05, 3.63) is 48.3 Å². The number of aromatic nitrogens is 2. The number of hydrogen-bond acceptors (Lipinski definition) is 6. The summed E-state index contributed by atoms with van der Waals surface area (Å²) in [5, 5.41) is 3.47. The van der Waals surface area contributed by atoms with Gasteiger partial charge in [-0.3, -0.25) is 0 Å². The molecular formula is C19H28N6. The third kappa shape index (κ3) is 5.14. The van der Waals surface area contributed by atoms with Crippen LogP contribution in [0, 0.1) is 0 Å². The van der Waals surface area contributed by atoms with Crippen molar-refractivity contribution in [2.45, 2.75) is 6.54 Å². The molecule has 0 amide bonds. The fourth-order valence-electron chi connectivity index (χ4n) is 2.90. The Morgan fingerprint density at radius 1 is 1.04 bits per heavy atom. The van der Waals surface area contributed by atoms with E-state index in [1.54, 1.807) is 0 Å². The summed E-state index contributed by atoms with van der Waals surface area (Å²) < 4.78 is 0. The molecule has 1 aromatic carbocycles. The highest BCUT2D eigenvalue weighted by atomic mass is 15.3. The molecule has 6 heteroatoms. The third-order valence-corrected chi connectivity index (χ3v) is 4.63. The molecule has 2 aromatic rings. The van der Waals surface area contributed by atoms with E-state index in [0.717, 1.165) is 57.3 Å². The van der Waals surface area contributed by atoms with Gasteiger partial charge in [-0.2, -0.15) is 0 Å². The van der Waals surface area contributed by atoms with E-state index >= 15 is 0 Å². The van der Waals surface area contributed by atoms with Gasteiger partial charge in [0.1, 0.15) is 0 Å². The number of nitrogens with one attached hydrogen (secondary N) is 1. The topological polar surface area (TPSA) is 47.5 Å². The molecule has 0 unspecified atom stereocenters. The summed E-state index contributed by atoms with van der Waals surface area (Å²) in [6.45, 7) is 6.82. The van der Waals surface area contributed by atoms with E-state index in [1.807, 2.05) is 18.5 Å². The minimum atomic E-state index is 0.797. The number of nitrogens with zero attached hydrogens (tertiary/aromatic N) is 5. The summed E-state index contributed by atoms with van der Waals surface area (Å²) in [6, 6.07) is 10.4. The number of anilines is 2. The van der Waals surface area contributed by atoms with E-state index in [-0.39, 0.29) is 0 Å². The average Bonchev–Trinajstić information content (AvgIpc) is 2.67. The van der Waals surface area contributed by atoms with Gasteiger partial charge in [-0.15, -0.1) is 0 Å². The molecule has 25 heavy (non-hydrogen) atoms. The highest BCUT2D eigenvalue weighted by molar-refractivity contribution is 5.44. The molecule has 2 heterocycles. The Kier molecular flexibility index (Phi) is 6.19. The molecular weight excluding hydrogens is 312 g/mol. The van der Waals surface area contributed by atoms with Crippen molar-refractivity contribution in [2.24, 2.45) is 0 Å². The quantitative estimate of drug-likeness (QED) is 0.770. The lowest BCUT2D eigenvalue weighted by atomic mass is 10.3. The van der Waals surface area contributed by atoms with E-state index in [4.69, 9.17) is 0 Å². The third-order valence-electron chi connectivity index (χ3n) is 4.63. The van der Waals surface area contributed by atoms with Crippen molar-refractivity contribution in [3.63, 3.8) is 0 Å². The monoisotopic (exact) mass is 340 g/mol. The van der Waals surface area contributed by atoms with Gasteiger partial charge in [0.15, 0.2) is 0 Å². The molecule has 0 atom stereocenters.